The maximum absolute atomic E-state index is 13.4. The number of nitrogens with zero attached hydrogens (tertiary/aromatic N) is 3. The van der Waals surface area contributed by atoms with E-state index < -0.39 is 0 Å². The minimum absolute atomic E-state index is 0.00273. The summed E-state index contributed by atoms with van der Waals surface area (Å²) in [6, 6.07) is 13.4. The van der Waals surface area contributed by atoms with Gasteiger partial charge in [-0.1, -0.05) is 18.2 Å². The second kappa shape index (κ2) is 7.62. The van der Waals surface area contributed by atoms with Crippen molar-refractivity contribution in [1.29, 1.82) is 0 Å². The van der Waals surface area contributed by atoms with E-state index in [1.807, 2.05) is 47.4 Å². The van der Waals surface area contributed by atoms with Crippen LogP contribution in [0.1, 0.15) is 28.9 Å². The predicted octanol–water partition coefficient (Wildman–Crippen LogP) is 3.45. The molecule has 0 saturated carbocycles. The molecule has 0 bridgehead atoms. The van der Waals surface area contributed by atoms with Crippen LogP contribution >= 0.6 is 0 Å². The van der Waals surface area contributed by atoms with E-state index in [0.29, 0.717) is 18.7 Å². The van der Waals surface area contributed by atoms with E-state index in [1.165, 1.54) is 0 Å². The molecule has 1 amide bonds. The van der Waals surface area contributed by atoms with Crippen molar-refractivity contribution in [2.24, 2.45) is 0 Å². The standard InChI is InChI=1S/C21H21N3O2/c25-21(20-8-3-5-16-13-22-11-9-19(16)20)24(15-18-7-4-12-26-18)14-17-6-1-2-10-23-17/h1-3,5-6,8-11,13,18H,4,7,12,14-15H2/t18-/m1/s1. The number of carbonyl (C=O) groups excluding carboxylic acids is 1. The number of amides is 1. The van der Waals surface area contributed by atoms with Gasteiger partial charge in [0.25, 0.3) is 5.91 Å². The third kappa shape index (κ3) is 3.58. The van der Waals surface area contributed by atoms with Gasteiger partial charge in [0.2, 0.25) is 0 Å². The molecule has 0 radical (unpaired) electrons. The van der Waals surface area contributed by atoms with E-state index in [4.69, 9.17) is 4.74 Å². The molecule has 1 aliphatic rings. The molecule has 0 unspecified atom stereocenters. The van der Waals surface area contributed by atoms with Crippen molar-refractivity contribution >= 4 is 16.7 Å². The number of carbonyl (C=O) groups is 1. The third-order valence-corrected chi connectivity index (χ3v) is 4.73. The Labute approximate surface area is 152 Å². The summed E-state index contributed by atoms with van der Waals surface area (Å²) >= 11 is 0. The highest BCUT2D eigenvalue weighted by molar-refractivity contribution is 6.06. The highest BCUT2D eigenvalue weighted by Crippen LogP contribution is 2.22. The van der Waals surface area contributed by atoms with Gasteiger partial charge >= 0.3 is 0 Å². The van der Waals surface area contributed by atoms with Gasteiger partial charge in [0, 0.05) is 42.7 Å². The first kappa shape index (κ1) is 16.7. The molecule has 2 aromatic heterocycles. The lowest BCUT2D eigenvalue weighted by Gasteiger charge is -2.26. The number of pyridine rings is 2. The Morgan fingerprint density at radius 2 is 2.12 bits per heavy atom. The summed E-state index contributed by atoms with van der Waals surface area (Å²) < 4.78 is 5.77. The number of hydrogen-bond donors (Lipinski definition) is 0. The summed E-state index contributed by atoms with van der Waals surface area (Å²) in [7, 11) is 0. The van der Waals surface area contributed by atoms with Gasteiger partial charge in [0.15, 0.2) is 0 Å². The molecule has 5 heteroatoms. The van der Waals surface area contributed by atoms with Crippen LogP contribution in [0.2, 0.25) is 0 Å². The number of fused-ring (bicyclic) bond motifs is 1. The lowest BCUT2D eigenvalue weighted by atomic mass is 10.0. The quantitative estimate of drug-likeness (QED) is 0.709. The van der Waals surface area contributed by atoms with Crippen LogP contribution in [0.25, 0.3) is 10.8 Å². The maximum atomic E-state index is 13.4. The first-order chi connectivity index (χ1) is 12.8. The molecule has 1 atom stereocenters. The fourth-order valence-corrected chi connectivity index (χ4v) is 3.42. The van der Waals surface area contributed by atoms with Crippen molar-refractivity contribution in [2.45, 2.75) is 25.5 Å². The molecule has 0 N–H and O–H groups in total. The first-order valence-electron chi connectivity index (χ1n) is 8.95. The molecule has 5 nitrogen and oxygen atoms in total. The minimum atomic E-state index is 0.00273. The topological polar surface area (TPSA) is 55.3 Å². The lowest BCUT2D eigenvalue weighted by Crippen LogP contribution is -2.37. The molecular formula is C21H21N3O2. The summed E-state index contributed by atoms with van der Waals surface area (Å²) in [5.41, 5.74) is 1.57. The fourth-order valence-electron chi connectivity index (χ4n) is 3.42. The van der Waals surface area contributed by atoms with E-state index in [2.05, 4.69) is 9.97 Å². The average molecular weight is 347 g/mol. The first-order valence-corrected chi connectivity index (χ1v) is 8.95. The minimum Gasteiger partial charge on any atom is -0.376 e. The Morgan fingerprint density at radius 3 is 2.92 bits per heavy atom. The van der Waals surface area contributed by atoms with E-state index in [9.17, 15) is 4.79 Å². The number of benzene rings is 1. The van der Waals surface area contributed by atoms with Crippen LogP contribution in [-0.4, -0.2) is 40.0 Å². The van der Waals surface area contributed by atoms with E-state index >= 15 is 0 Å². The summed E-state index contributed by atoms with van der Waals surface area (Å²) in [5.74, 6) is 0.00273. The largest absolute Gasteiger partial charge is 0.376 e. The van der Waals surface area contributed by atoms with Gasteiger partial charge in [-0.05, 0) is 42.5 Å². The van der Waals surface area contributed by atoms with Gasteiger partial charge in [0.05, 0.1) is 18.3 Å². The zero-order valence-electron chi connectivity index (χ0n) is 14.5. The Hall–Kier alpha value is -2.79. The zero-order valence-corrected chi connectivity index (χ0v) is 14.5. The number of hydrogen-bond acceptors (Lipinski definition) is 4. The molecule has 0 aliphatic carbocycles. The number of rotatable bonds is 5. The molecule has 1 aliphatic heterocycles. The van der Waals surface area contributed by atoms with Crippen molar-refractivity contribution in [3.05, 3.63) is 72.3 Å². The molecule has 1 saturated heterocycles. The van der Waals surface area contributed by atoms with Gasteiger partial charge in [0.1, 0.15) is 0 Å². The third-order valence-electron chi connectivity index (χ3n) is 4.73. The van der Waals surface area contributed by atoms with Crippen molar-refractivity contribution in [3.8, 4) is 0 Å². The molecule has 0 spiro atoms. The lowest BCUT2D eigenvalue weighted by molar-refractivity contribution is 0.0506. The van der Waals surface area contributed by atoms with Crippen LogP contribution in [0.4, 0.5) is 0 Å². The highest BCUT2D eigenvalue weighted by atomic mass is 16.5. The van der Waals surface area contributed by atoms with Gasteiger partial charge in [-0.3, -0.25) is 14.8 Å². The van der Waals surface area contributed by atoms with Crippen molar-refractivity contribution < 1.29 is 9.53 Å². The van der Waals surface area contributed by atoms with Gasteiger partial charge in [-0.2, -0.15) is 0 Å². The Bertz CT molecular complexity index is 887. The van der Waals surface area contributed by atoms with Gasteiger partial charge < -0.3 is 9.64 Å². The molecule has 4 rings (SSSR count). The highest BCUT2D eigenvalue weighted by Gasteiger charge is 2.25. The summed E-state index contributed by atoms with van der Waals surface area (Å²) in [4.78, 5) is 23.8. The molecule has 3 aromatic rings. The van der Waals surface area contributed by atoms with E-state index in [-0.39, 0.29) is 12.0 Å². The number of ether oxygens (including phenoxy) is 1. The Kier molecular flexibility index (Phi) is 4.88. The monoisotopic (exact) mass is 347 g/mol. The molecule has 132 valence electrons. The van der Waals surface area contributed by atoms with E-state index in [1.54, 1.807) is 18.6 Å². The van der Waals surface area contributed by atoms with Crippen LogP contribution in [0, 0.1) is 0 Å². The second-order valence-corrected chi connectivity index (χ2v) is 6.54. The van der Waals surface area contributed by atoms with Crippen LogP contribution in [0.15, 0.2) is 61.1 Å². The van der Waals surface area contributed by atoms with E-state index in [0.717, 1.165) is 35.9 Å². The van der Waals surface area contributed by atoms with Crippen LogP contribution in [0.3, 0.4) is 0 Å². The number of aromatic nitrogens is 2. The van der Waals surface area contributed by atoms with Crippen molar-refractivity contribution in [1.82, 2.24) is 14.9 Å². The molecule has 1 fully saturated rings. The smallest absolute Gasteiger partial charge is 0.254 e. The molecule has 26 heavy (non-hydrogen) atoms. The molecule has 3 heterocycles. The van der Waals surface area contributed by atoms with Crippen LogP contribution in [0.5, 0.6) is 0 Å². The summed E-state index contributed by atoms with van der Waals surface area (Å²) in [5, 5.41) is 1.89. The Balaban J connectivity index is 1.66. The molecule has 1 aromatic carbocycles. The van der Waals surface area contributed by atoms with Gasteiger partial charge in [-0.15, -0.1) is 0 Å². The van der Waals surface area contributed by atoms with Crippen molar-refractivity contribution in [2.75, 3.05) is 13.2 Å². The van der Waals surface area contributed by atoms with Crippen LogP contribution in [-0.2, 0) is 11.3 Å². The SMILES string of the molecule is O=C(c1cccc2cnccc12)N(Cc1ccccn1)C[C@H]1CCCO1. The Morgan fingerprint density at radius 1 is 1.15 bits per heavy atom. The molecular weight excluding hydrogens is 326 g/mol. The maximum Gasteiger partial charge on any atom is 0.254 e. The predicted molar refractivity (Wildman–Crippen MR) is 99.7 cm³/mol. The normalized spacial score (nSPS) is 16.7. The van der Waals surface area contributed by atoms with Crippen LogP contribution < -0.4 is 0 Å². The summed E-state index contributed by atoms with van der Waals surface area (Å²) in [6.07, 6.45) is 7.41. The fraction of sp³-hybridized carbons (Fsp3) is 0.286. The van der Waals surface area contributed by atoms with Crippen molar-refractivity contribution in [3.63, 3.8) is 0 Å². The summed E-state index contributed by atoms with van der Waals surface area (Å²) in [6.45, 7) is 1.83. The second-order valence-electron chi connectivity index (χ2n) is 6.54. The van der Waals surface area contributed by atoms with Gasteiger partial charge in [-0.25, -0.2) is 0 Å². The zero-order chi connectivity index (χ0) is 17.8. The average Bonchev–Trinajstić information content (AvgIpc) is 3.20.